The number of carbonyl (C=O) groups is 1. The molecule has 3 N–H and O–H groups in total. The zero-order chi connectivity index (χ0) is 16.8. The van der Waals surface area contributed by atoms with Crippen molar-refractivity contribution in [1.82, 2.24) is 9.97 Å². The lowest BCUT2D eigenvalue weighted by atomic mass is 9.93. The molecule has 8 heteroatoms. The molecule has 1 fully saturated rings. The highest BCUT2D eigenvalue weighted by Gasteiger charge is 2.26. The van der Waals surface area contributed by atoms with Gasteiger partial charge < -0.3 is 20.5 Å². The predicted molar refractivity (Wildman–Crippen MR) is 90.0 cm³/mol. The smallest absolute Gasteiger partial charge is 0.329 e. The van der Waals surface area contributed by atoms with Crippen LogP contribution in [0.2, 0.25) is 0 Å². The van der Waals surface area contributed by atoms with Gasteiger partial charge in [-0.25, -0.2) is 9.78 Å². The number of nitrogens with one attached hydrogen (secondary N) is 1. The molecule has 2 rings (SSSR count). The van der Waals surface area contributed by atoms with Crippen LogP contribution in [0.1, 0.15) is 44.3 Å². The van der Waals surface area contributed by atoms with Crippen molar-refractivity contribution < 1.29 is 14.3 Å². The summed E-state index contributed by atoms with van der Waals surface area (Å²) in [6, 6.07) is -0.688. The van der Waals surface area contributed by atoms with Crippen LogP contribution in [-0.4, -0.2) is 41.8 Å². The first-order valence-corrected chi connectivity index (χ1v) is 8.58. The highest BCUT2D eigenvalue weighted by atomic mass is 79.9. The topological polar surface area (TPSA) is 99.4 Å². The third kappa shape index (κ3) is 4.86. The summed E-state index contributed by atoms with van der Waals surface area (Å²) in [6.45, 7) is 2.02. The van der Waals surface area contributed by atoms with Crippen molar-refractivity contribution >= 4 is 27.7 Å². The highest BCUT2D eigenvalue weighted by molar-refractivity contribution is 9.10. The number of hydrogen-bond donors (Lipinski definition) is 2. The van der Waals surface area contributed by atoms with E-state index in [4.69, 9.17) is 15.2 Å². The molecule has 0 amide bonds. The summed E-state index contributed by atoms with van der Waals surface area (Å²) in [6.07, 6.45) is 5.79. The number of nitrogens with zero attached hydrogens (tertiary/aromatic N) is 2. The minimum Gasteiger partial charge on any atom is -0.465 e. The zero-order valence-corrected chi connectivity index (χ0v) is 15.0. The number of halogens is 1. The van der Waals surface area contributed by atoms with Gasteiger partial charge in [0, 0.05) is 13.2 Å². The minimum atomic E-state index is -0.951. The molecule has 0 spiro atoms. The maximum absolute atomic E-state index is 11.9. The van der Waals surface area contributed by atoms with E-state index in [2.05, 4.69) is 31.2 Å². The van der Waals surface area contributed by atoms with Crippen LogP contribution in [0.3, 0.4) is 0 Å². The lowest BCUT2D eigenvalue weighted by Gasteiger charge is -2.29. The van der Waals surface area contributed by atoms with Gasteiger partial charge in [0.2, 0.25) is 0 Å². The van der Waals surface area contributed by atoms with E-state index < -0.39 is 12.0 Å². The summed E-state index contributed by atoms with van der Waals surface area (Å²) < 4.78 is 10.9. The number of nitrogens with two attached hydrogens (primary N) is 1. The fourth-order valence-corrected chi connectivity index (χ4v) is 2.97. The molecule has 1 heterocycles. The maximum Gasteiger partial charge on any atom is 0.329 e. The molecule has 0 aromatic carbocycles. The summed E-state index contributed by atoms with van der Waals surface area (Å²) in [7, 11) is 1.74. The first-order chi connectivity index (χ1) is 11.0. The number of esters is 1. The molecule has 0 aliphatic heterocycles. The van der Waals surface area contributed by atoms with Gasteiger partial charge in [-0.15, -0.1) is 0 Å². The van der Waals surface area contributed by atoms with Gasteiger partial charge in [-0.1, -0.05) is 0 Å². The fraction of sp³-hybridized carbons (Fsp3) is 0.667. The number of hydrogen-bond acceptors (Lipinski definition) is 7. The Morgan fingerprint density at radius 1 is 1.48 bits per heavy atom. The van der Waals surface area contributed by atoms with E-state index in [0.29, 0.717) is 22.2 Å². The largest absolute Gasteiger partial charge is 0.465 e. The first kappa shape index (κ1) is 18.1. The second-order valence-electron chi connectivity index (χ2n) is 5.51. The van der Waals surface area contributed by atoms with Crippen molar-refractivity contribution in [2.24, 2.45) is 5.73 Å². The molecular formula is C15H23BrN4O3. The Morgan fingerprint density at radius 2 is 2.17 bits per heavy atom. The lowest BCUT2D eigenvalue weighted by molar-refractivity contribution is -0.144. The van der Waals surface area contributed by atoms with Gasteiger partial charge >= 0.3 is 5.97 Å². The summed E-state index contributed by atoms with van der Waals surface area (Å²) in [5.74, 6) is 0.0241. The second-order valence-corrected chi connectivity index (χ2v) is 6.32. The maximum atomic E-state index is 11.9. The number of methoxy groups -OCH3 is 1. The van der Waals surface area contributed by atoms with Crippen molar-refractivity contribution in [3.05, 3.63) is 16.5 Å². The average molecular weight is 387 g/mol. The summed E-state index contributed by atoms with van der Waals surface area (Å²) in [4.78, 5) is 20.5. The van der Waals surface area contributed by atoms with Crippen LogP contribution in [0.4, 0.5) is 5.82 Å². The fourth-order valence-electron chi connectivity index (χ4n) is 2.69. The molecular weight excluding hydrogens is 364 g/mol. The number of rotatable bonds is 6. The zero-order valence-electron chi connectivity index (χ0n) is 13.4. The Hall–Kier alpha value is -1.25. The van der Waals surface area contributed by atoms with Gasteiger partial charge in [0.25, 0.3) is 0 Å². The van der Waals surface area contributed by atoms with Gasteiger partial charge in [0.15, 0.2) is 5.82 Å². The Bertz CT molecular complexity index is 535. The Kier molecular flexibility index (Phi) is 6.73. The molecule has 23 heavy (non-hydrogen) atoms. The van der Waals surface area contributed by atoms with E-state index in [0.717, 1.165) is 25.7 Å². The van der Waals surface area contributed by atoms with Crippen LogP contribution < -0.4 is 11.1 Å². The van der Waals surface area contributed by atoms with E-state index in [1.54, 1.807) is 14.0 Å². The monoisotopic (exact) mass is 386 g/mol. The average Bonchev–Trinajstić information content (AvgIpc) is 2.55. The molecule has 0 radical (unpaired) electrons. The first-order valence-electron chi connectivity index (χ1n) is 7.79. The van der Waals surface area contributed by atoms with Gasteiger partial charge in [-0.2, -0.15) is 0 Å². The van der Waals surface area contributed by atoms with Crippen LogP contribution >= 0.6 is 15.9 Å². The third-order valence-electron chi connectivity index (χ3n) is 3.95. The van der Waals surface area contributed by atoms with E-state index >= 15 is 0 Å². The highest BCUT2D eigenvalue weighted by Crippen LogP contribution is 2.26. The molecule has 1 atom stereocenters. The van der Waals surface area contributed by atoms with Crippen LogP contribution in [-0.2, 0) is 14.3 Å². The van der Waals surface area contributed by atoms with E-state index in [9.17, 15) is 4.79 Å². The van der Waals surface area contributed by atoms with E-state index in [1.165, 1.54) is 6.20 Å². The minimum absolute atomic E-state index is 0.262. The van der Waals surface area contributed by atoms with Gasteiger partial charge in [0.05, 0.1) is 18.9 Å². The van der Waals surface area contributed by atoms with Crippen molar-refractivity contribution in [2.45, 2.75) is 50.8 Å². The van der Waals surface area contributed by atoms with Crippen molar-refractivity contribution in [3.63, 3.8) is 0 Å². The van der Waals surface area contributed by atoms with Crippen LogP contribution in [0, 0.1) is 0 Å². The lowest BCUT2D eigenvalue weighted by Crippen LogP contribution is -2.32. The number of aromatic nitrogens is 2. The number of anilines is 1. The van der Waals surface area contributed by atoms with Gasteiger partial charge in [-0.05, 0) is 48.5 Å². The van der Waals surface area contributed by atoms with Crippen molar-refractivity contribution in [1.29, 1.82) is 0 Å². The van der Waals surface area contributed by atoms with Crippen molar-refractivity contribution in [3.8, 4) is 0 Å². The molecule has 1 aromatic rings. The van der Waals surface area contributed by atoms with Gasteiger partial charge in [-0.3, -0.25) is 4.98 Å². The second kappa shape index (κ2) is 8.56. The Labute approximate surface area is 144 Å². The molecule has 7 nitrogen and oxygen atoms in total. The molecule has 1 aliphatic carbocycles. The number of ether oxygens (including phenoxy) is 2. The Balaban J connectivity index is 2.11. The van der Waals surface area contributed by atoms with Crippen LogP contribution in [0.25, 0.3) is 0 Å². The molecule has 128 valence electrons. The summed E-state index contributed by atoms with van der Waals surface area (Å²) in [5, 5.41) is 3.37. The predicted octanol–water partition coefficient (Wildman–Crippen LogP) is 2.17. The van der Waals surface area contributed by atoms with Crippen LogP contribution in [0.15, 0.2) is 10.8 Å². The normalized spacial score (nSPS) is 22.4. The van der Waals surface area contributed by atoms with E-state index in [-0.39, 0.29) is 12.6 Å². The molecule has 0 bridgehead atoms. The standard InChI is InChI=1S/C15H23BrN4O3/c1-3-23-15(21)12(17)13-14(20-11(16)8-18-13)19-9-4-6-10(22-2)7-5-9/h8-10,12H,3-7,17H2,1-2H3,(H,19,20). The van der Waals surface area contributed by atoms with Crippen LogP contribution in [0.5, 0.6) is 0 Å². The summed E-state index contributed by atoms with van der Waals surface area (Å²) >= 11 is 3.31. The quantitative estimate of drug-likeness (QED) is 0.722. The SMILES string of the molecule is CCOC(=O)C(N)c1ncc(Br)nc1NC1CCC(OC)CC1. The van der Waals surface area contributed by atoms with Crippen molar-refractivity contribution in [2.75, 3.05) is 19.0 Å². The van der Waals surface area contributed by atoms with E-state index in [1.807, 2.05) is 0 Å². The van der Waals surface area contributed by atoms with Gasteiger partial charge in [0.1, 0.15) is 16.3 Å². The molecule has 1 unspecified atom stereocenters. The third-order valence-corrected chi connectivity index (χ3v) is 4.34. The molecule has 0 saturated heterocycles. The molecule has 1 aliphatic rings. The summed E-state index contributed by atoms with van der Waals surface area (Å²) in [5.41, 5.74) is 6.38. The molecule has 1 saturated carbocycles. The Morgan fingerprint density at radius 3 is 2.78 bits per heavy atom. The number of carbonyl (C=O) groups excluding carboxylic acids is 1. The molecule has 1 aromatic heterocycles.